The van der Waals surface area contributed by atoms with E-state index in [4.69, 9.17) is 4.74 Å². The number of aryl methyl sites for hydroxylation is 1. The zero-order valence-electron chi connectivity index (χ0n) is 21.5. The van der Waals surface area contributed by atoms with E-state index in [1.807, 2.05) is 30.3 Å². The van der Waals surface area contributed by atoms with Crippen LogP contribution in [0.15, 0.2) is 90.5 Å². The fourth-order valence-electron chi connectivity index (χ4n) is 4.43. The maximum Gasteiger partial charge on any atom is 0.338 e. The van der Waals surface area contributed by atoms with E-state index < -0.39 is 29.5 Å². The SMILES string of the molecule is Cc1nc(-c2ccccc2)sc1C(=O)C1=C(O)C(=O)N(c2ccc(C(=O)OC(C)C)cc2)C1c1cccnc1. The Labute approximate surface area is 229 Å². The number of ketones is 1. The van der Waals surface area contributed by atoms with E-state index in [-0.39, 0.29) is 11.7 Å². The quantitative estimate of drug-likeness (QED) is 0.231. The molecule has 2 aromatic carbocycles. The van der Waals surface area contributed by atoms with Crippen LogP contribution >= 0.6 is 11.3 Å². The van der Waals surface area contributed by atoms with Crippen LogP contribution < -0.4 is 4.90 Å². The number of aliphatic hydroxyl groups excluding tert-OH is 1. The number of rotatable bonds is 7. The Hall–Kier alpha value is -4.63. The molecule has 0 saturated carbocycles. The molecule has 5 rings (SSSR count). The van der Waals surface area contributed by atoms with Gasteiger partial charge in [0.05, 0.1) is 33.9 Å². The van der Waals surface area contributed by atoms with Gasteiger partial charge < -0.3 is 9.84 Å². The number of carbonyl (C=O) groups excluding carboxylic acids is 3. The van der Waals surface area contributed by atoms with Crippen LogP contribution in [0.4, 0.5) is 5.69 Å². The van der Waals surface area contributed by atoms with Crippen molar-refractivity contribution in [2.75, 3.05) is 4.90 Å². The van der Waals surface area contributed by atoms with Gasteiger partial charge >= 0.3 is 5.97 Å². The number of hydrogen-bond acceptors (Lipinski definition) is 8. The van der Waals surface area contributed by atoms with Crippen molar-refractivity contribution in [3.63, 3.8) is 0 Å². The highest BCUT2D eigenvalue weighted by molar-refractivity contribution is 7.17. The average molecular weight is 540 g/mol. The van der Waals surface area contributed by atoms with Gasteiger partial charge in [-0.05, 0) is 56.7 Å². The maximum atomic E-state index is 14.0. The predicted octanol–water partition coefficient (Wildman–Crippen LogP) is 5.86. The molecule has 8 nitrogen and oxygen atoms in total. The number of aromatic nitrogens is 2. The topological polar surface area (TPSA) is 110 Å². The largest absolute Gasteiger partial charge is 0.503 e. The fraction of sp³-hybridized carbons (Fsp3) is 0.167. The molecular formula is C30H25N3O5S. The third kappa shape index (κ3) is 4.96. The summed E-state index contributed by atoms with van der Waals surface area (Å²) in [5, 5.41) is 11.7. The number of aliphatic hydroxyl groups is 1. The Balaban J connectivity index is 1.55. The van der Waals surface area contributed by atoms with Gasteiger partial charge in [0, 0.05) is 23.6 Å². The molecule has 0 fully saturated rings. The number of esters is 1. The van der Waals surface area contributed by atoms with Gasteiger partial charge in [-0.15, -0.1) is 11.3 Å². The highest BCUT2D eigenvalue weighted by Crippen LogP contribution is 2.43. The summed E-state index contributed by atoms with van der Waals surface area (Å²) in [6, 6.07) is 18.3. The summed E-state index contributed by atoms with van der Waals surface area (Å²) in [4.78, 5) is 50.2. The molecule has 1 unspecified atom stereocenters. The summed E-state index contributed by atoms with van der Waals surface area (Å²) in [5.41, 5.74) is 2.59. The third-order valence-corrected chi connectivity index (χ3v) is 7.41. The summed E-state index contributed by atoms with van der Waals surface area (Å²) < 4.78 is 5.25. The molecule has 1 aliphatic heterocycles. The lowest BCUT2D eigenvalue weighted by Gasteiger charge is -2.26. The molecule has 196 valence electrons. The summed E-state index contributed by atoms with van der Waals surface area (Å²) >= 11 is 1.21. The van der Waals surface area contributed by atoms with Crippen molar-refractivity contribution in [1.82, 2.24) is 9.97 Å². The zero-order valence-corrected chi connectivity index (χ0v) is 22.3. The van der Waals surface area contributed by atoms with Gasteiger partial charge in [-0.3, -0.25) is 19.5 Å². The lowest BCUT2D eigenvalue weighted by atomic mass is 9.96. The van der Waals surface area contributed by atoms with E-state index in [1.165, 1.54) is 16.2 Å². The lowest BCUT2D eigenvalue weighted by molar-refractivity contribution is -0.117. The maximum absolute atomic E-state index is 14.0. The predicted molar refractivity (Wildman–Crippen MR) is 148 cm³/mol. The average Bonchev–Trinajstić information content (AvgIpc) is 3.46. The Kier molecular flexibility index (Phi) is 7.08. The van der Waals surface area contributed by atoms with Crippen LogP contribution in [-0.4, -0.2) is 38.8 Å². The van der Waals surface area contributed by atoms with Crippen molar-refractivity contribution in [2.24, 2.45) is 0 Å². The minimum absolute atomic E-state index is 0.0531. The van der Waals surface area contributed by atoms with Crippen LogP contribution in [0, 0.1) is 6.92 Å². The van der Waals surface area contributed by atoms with Crippen LogP contribution in [0.1, 0.15) is 51.2 Å². The van der Waals surface area contributed by atoms with Gasteiger partial charge in [-0.1, -0.05) is 36.4 Å². The van der Waals surface area contributed by atoms with E-state index in [9.17, 15) is 19.5 Å². The fourth-order valence-corrected chi connectivity index (χ4v) is 5.46. The molecule has 0 spiro atoms. The molecule has 4 aromatic rings. The Morgan fingerprint density at radius 3 is 2.38 bits per heavy atom. The second-order valence-electron chi connectivity index (χ2n) is 9.26. The van der Waals surface area contributed by atoms with Crippen molar-refractivity contribution in [3.8, 4) is 10.6 Å². The van der Waals surface area contributed by atoms with Crippen molar-refractivity contribution in [3.05, 3.63) is 112 Å². The highest BCUT2D eigenvalue weighted by Gasteiger charge is 2.45. The van der Waals surface area contributed by atoms with Gasteiger partial charge in [-0.25, -0.2) is 9.78 Å². The number of pyridine rings is 1. The molecule has 1 N–H and O–H groups in total. The minimum atomic E-state index is -0.936. The molecular weight excluding hydrogens is 514 g/mol. The second kappa shape index (κ2) is 10.6. The number of amides is 1. The Bertz CT molecular complexity index is 1580. The first kappa shape index (κ1) is 26.0. The number of hydrogen-bond donors (Lipinski definition) is 1. The van der Waals surface area contributed by atoms with Gasteiger partial charge in [0.25, 0.3) is 5.91 Å². The third-order valence-electron chi connectivity index (χ3n) is 6.20. The van der Waals surface area contributed by atoms with Gasteiger partial charge in [0.1, 0.15) is 5.01 Å². The Morgan fingerprint density at radius 2 is 1.74 bits per heavy atom. The minimum Gasteiger partial charge on any atom is -0.503 e. The molecule has 0 radical (unpaired) electrons. The van der Waals surface area contributed by atoms with E-state index in [1.54, 1.807) is 69.6 Å². The monoisotopic (exact) mass is 539 g/mol. The molecule has 3 heterocycles. The van der Waals surface area contributed by atoms with Gasteiger partial charge in [-0.2, -0.15) is 0 Å². The molecule has 1 atom stereocenters. The molecule has 0 bridgehead atoms. The number of Topliss-reactive ketones (excluding diaryl/α,β-unsaturated/α-hetero) is 1. The zero-order chi connectivity index (χ0) is 27.7. The summed E-state index contributed by atoms with van der Waals surface area (Å²) in [6.45, 7) is 5.25. The van der Waals surface area contributed by atoms with Crippen LogP contribution in [-0.2, 0) is 9.53 Å². The number of nitrogens with zero attached hydrogens (tertiary/aromatic N) is 3. The van der Waals surface area contributed by atoms with Crippen molar-refractivity contribution < 1.29 is 24.2 Å². The molecule has 0 saturated heterocycles. The molecule has 2 aromatic heterocycles. The van der Waals surface area contributed by atoms with Crippen molar-refractivity contribution in [1.29, 1.82) is 0 Å². The summed E-state index contributed by atoms with van der Waals surface area (Å²) in [6.07, 6.45) is 2.87. The van der Waals surface area contributed by atoms with Gasteiger partial charge in [0.15, 0.2) is 5.76 Å². The van der Waals surface area contributed by atoms with Crippen molar-refractivity contribution >= 4 is 34.7 Å². The van der Waals surface area contributed by atoms with Crippen LogP contribution in [0.5, 0.6) is 0 Å². The highest BCUT2D eigenvalue weighted by atomic mass is 32.1. The molecule has 0 aliphatic carbocycles. The standard InChI is InChI=1S/C30H25N3O5S/c1-17(2)38-30(37)20-11-13-22(14-12-20)33-24(21-10-7-15-31-16-21)23(26(35)29(33)36)25(34)27-18(3)32-28(39-27)19-8-5-4-6-9-19/h4-17,24,35H,1-3H3. The molecule has 9 heteroatoms. The Morgan fingerprint density at radius 1 is 1.03 bits per heavy atom. The number of benzene rings is 2. The summed E-state index contributed by atoms with van der Waals surface area (Å²) in [7, 11) is 0. The van der Waals surface area contributed by atoms with E-state index in [2.05, 4.69) is 9.97 Å². The van der Waals surface area contributed by atoms with E-state index >= 15 is 0 Å². The first-order chi connectivity index (χ1) is 18.8. The smallest absolute Gasteiger partial charge is 0.338 e. The first-order valence-corrected chi connectivity index (χ1v) is 13.1. The number of anilines is 1. The van der Waals surface area contributed by atoms with Gasteiger partial charge in [0.2, 0.25) is 5.78 Å². The number of carbonyl (C=O) groups is 3. The normalized spacial score (nSPS) is 15.2. The summed E-state index contributed by atoms with van der Waals surface area (Å²) in [5.74, 6) is -2.33. The molecule has 39 heavy (non-hydrogen) atoms. The van der Waals surface area contributed by atoms with Crippen LogP contribution in [0.25, 0.3) is 10.6 Å². The first-order valence-electron chi connectivity index (χ1n) is 12.3. The second-order valence-corrected chi connectivity index (χ2v) is 10.3. The lowest BCUT2D eigenvalue weighted by Crippen LogP contribution is -2.31. The van der Waals surface area contributed by atoms with Crippen LogP contribution in [0.2, 0.25) is 0 Å². The van der Waals surface area contributed by atoms with E-state index in [0.717, 1.165) is 5.56 Å². The number of ether oxygens (including phenoxy) is 1. The van der Waals surface area contributed by atoms with Crippen LogP contribution in [0.3, 0.4) is 0 Å². The van der Waals surface area contributed by atoms with Crippen molar-refractivity contribution in [2.45, 2.75) is 32.9 Å². The number of thiazole rings is 1. The molecule has 1 aliphatic rings. The molecule has 1 amide bonds. The van der Waals surface area contributed by atoms with E-state index in [0.29, 0.717) is 32.4 Å².